The number of piperazine rings is 1. The van der Waals surface area contributed by atoms with Crippen LogP contribution in [-0.4, -0.2) is 54.4 Å². The maximum Gasteiger partial charge on any atom is 0.416 e. The predicted octanol–water partition coefficient (Wildman–Crippen LogP) is 3.35. The van der Waals surface area contributed by atoms with Gasteiger partial charge in [0.1, 0.15) is 5.75 Å². The van der Waals surface area contributed by atoms with Gasteiger partial charge in [0.25, 0.3) is 11.8 Å². The van der Waals surface area contributed by atoms with Crippen molar-refractivity contribution in [3.05, 3.63) is 65.2 Å². The van der Waals surface area contributed by atoms with E-state index in [9.17, 15) is 31.5 Å². The summed E-state index contributed by atoms with van der Waals surface area (Å²) in [6, 6.07) is 7.09. The van der Waals surface area contributed by atoms with Gasteiger partial charge in [0.15, 0.2) is 18.2 Å². The van der Waals surface area contributed by atoms with Crippen LogP contribution < -0.4 is 4.74 Å². The zero-order chi connectivity index (χ0) is 21.9. The van der Waals surface area contributed by atoms with Gasteiger partial charge >= 0.3 is 6.18 Å². The maximum absolute atomic E-state index is 13.3. The third kappa shape index (κ3) is 5.05. The first-order valence-electron chi connectivity index (χ1n) is 8.97. The molecule has 3 rings (SSSR count). The quantitative estimate of drug-likeness (QED) is 0.702. The second-order valence-electron chi connectivity index (χ2n) is 6.62. The number of nitrogens with zero attached hydrogens (tertiary/aromatic N) is 2. The van der Waals surface area contributed by atoms with Crippen LogP contribution in [0.3, 0.4) is 0 Å². The van der Waals surface area contributed by atoms with E-state index in [2.05, 4.69) is 0 Å². The Morgan fingerprint density at radius 3 is 2.20 bits per heavy atom. The topological polar surface area (TPSA) is 49.9 Å². The summed E-state index contributed by atoms with van der Waals surface area (Å²) in [6.45, 7) is 0.263. The maximum atomic E-state index is 13.3. The van der Waals surface area contributed by atoms with Gasteiger partial charge in [0.05, 0.1) is 5.56 Å². The molecule has 5 nitrogen and oxygen atoms in total. The van der Waals surface area contributed by atoms with E-state index in [1.165, 1.54) is 28.0 Å². The van der Waals surface area contributed by atoms with Crippen molar-refractivity contribution in [2.75, 3.05) is 32.8 Å². The fourth-order valence-electron chi connectivity index (χ4n) is 2.97. The molecule has 0 radical (unpaired) electrons. The van der Waals surface area contributed by atoms with Crippen LogP contribution in [0.2, 0.25) is 0 Å². The first-order chi connectivity index (χ1) is 14.1. The molecule has 30 heavy (non-hydrogen) atoms. The molecule has 0 aromatic heterocycles. The van der Waals surface area contributed by atoms with Gasteiger partial charge in [-0.05, 0) is 36.4 Å². The van der Waals surface area contributed by atoms with Crippen LogP contribution in [0.15, 0.2) is 42.5 Å². The molecule has 2 aromatic rings. The molecule has 1 fully saturated rings. The number of halogens is 5. The normalized spacial score (nSPS) is 14.6. The summed E-state index contributed by atoms with van der Waals surface area (Å²) in [4.78, 5) is 27.5. The van der Waals surface area contributed by atoms with Crippen molar-refractivity contribution in [3.8, 4) is 5.75 Å². The monoisotopic (exact) mass is 428 g/mol. The minimum Gasteiger partial charge on any atom is -0.484 e. The summed E-state index contributed by atoms with van der Waals surface area (Å²) in [7, 11) is 0. The number of hydrogen-bond acceptors (Lipinski definition) is 3. The van der Waals surface area contributed by atoms with E-state index in [4.69, 9.17) is 4.74 Å². The third-order valence-electron chi connectivity index (χ3n) is 4.61. The Bertz CT molecular complexity index is 940. The molecule has 1 aliphatic rings. The van der Waals surface area contributed by atoms with E-state index in [-0.39, 0.29) is 37.5 Å². The molecule has 10 heteroatoms. The molecule has 0 unspecified atom stereocenters. The van der Waals surface area contributed by atoms with Crippen LogP contribution in [-0.2, 0) is 11.0 Å². The van der Waals surface area contributed by atoms with Crippen LogP contribution in [0.1, 0.15) is 15.9 Å². The molecule has 0 spiro atoms. The molecule has 0 aliphatic carbocycles. The van der Waals surface area contributed by atoms with Gasteiger partial charge in [-0.25, -0.2) is 8.78 Å². The van der Waals surface area contributed by atoms with Crippen molar-refractivity contribution in [1.82, 2.24) is 9.80 Å². The Morgan fingerprint density at radius 2 is 1.57 bits per heavy atom. The van der Waals surface area contributed by atoms with Crippen molar-refractivity contribution in [2.24, 2.45) is 0 Å². The lowest BCUT2D eigenvalue weighted by molar-refractivity contribution is -0.137. The molecular weight excluding hydrogens is 411 g/mol. The second-order valence-corrected chi connectivity index (χ2v) is 6.62. The Balaban J connectivity index is 1.52. The highest BCUT2D eigenvalue weighted by molar-refractivity contribution is 5.94. The molecule has 0 saturated carbocycles. The second kappa shape index (κ2) is 8.68. The molecule has 2 amide bonds. The minimum atomic E-state index is -4.51. The van der Waals surface area contributed by atoms with Crippen molar-refractivity contribution in [3.63, 3.8) is 0 Å². The summed E-state index contributed by atoms with van der Waals surface area (Å²) in [5, 5.41) is 0. The standard InChI is InChI=1S/C20H17F5N2O3/c21-16-5-4-13(10-17(16)22)19(29)27-8-6-26(7-9-27)18(28)12-30-15-3-1-2-14(11-15)20(23,24)25/h1-5,10-11H,6-9,12H2. The zero-order valence-corrected chi connectivity index (χ0v) is 15.6. The smallest absolute Gasteiger partial charge is 0.416 e. The molecule has 0 atom stereocenters. The predicted molar refractivity (Wildman–Crippen MR) is 95.8 cm³/mol. The number of rotatable bonds is 4. The summed E-state index contributed by atoms with van der Waals surface area (Å²) in [5.41, 5.74) is -0.877. The number of carbonyl (C=O) groups is 2. The van der Waals surface area contributed by atoms with Gasteiger partial charge in [-0.2, -0.15) is 13.2 Å². The number of ether oxygens (including phenoxy) is 1. The molecule has 1 saturated heterocycles. The van der Waals surface area contributed by atoms with Crippen molar-refractivity contribution < 1.29 is 36.3 Å². The van der Waals surface area contributed by atoms with Gasteiger partial charge < -0.3 is 14.5 Å². The Hall–Kier alpha value is -3.17. The van der Waals surface area contributed by atoms with E-state index >= 15 is 0 Å². The molecule has 160 valence electrons. The van der Waals surface area contributed by atoms with Crippen molar-refractivity contribution in [1.29, 1.82) is 0 Å². The number of amides is 2. The van der Waals surface area contributed by atoms with Gasteiger partial charge in [-0.15, -0.1) is 0 Å². The largest absolute Gasteiger partial charge is 0.484 e. The number of benzene rings is 2. The summed E-state index contributed by atoms with van der Waals surface area (Å²) in [6.07, 6.45) is -4.51. The highest BCUT2D eigenvalue weighted by Gasteiger charge is 2.31. The van der Waals surface area contributed by atoms with E-state index in [1.54, 1.807) is 0 Å². The number of carbonyl (C=O) groups excluding carboxylic acids is 2. The molecule has 0 bridgehead atoms. The Kier molecular flexibility index (Phi) is 6.23. The lowest BCUT2D eigenvalue weighted by Gasteiger charge is -2.34. The third-order valence-corrected chi connectivity index (χ3v) is 4.61. The van der Waals surface area contributed by atoms with Gasteiger partial charge in [0.2, 0.25) is 0 Å². The SMILES string of the molecule is O=C(COc1cccc(C(F)(F)F)c1)N1CCN(C(=O)c2ccc(F)c(F)c2)CC1. The average molecular weight is 428 g/mol. The lowest BCUT2D eigenvalue weighted by atomic mass is 10.1. The first kappa shape index (κ1) is 21.5. The highest BCUT2D eigenvalue weighted by atomic mass is 19.4. The molecule has 1 heterocycles. The Labute approximate surface area is 168 Å². The summed E-state index contributed by atoms with van der Waals surface area (Å²) < 4.78 is 69.7. The van der Waals surface area contributed by atoms with Crippen LogP contribution in [0, 0.1) is 11.6 Å². The molecule has 1 aliphatic heterocycles. The fraction of sp³-hybridized carbons (Fsp3) is 0.300. The average Bonchev–Trinajstić information content (AvgIpc) is 2.73. The van der Waals surface area contributed by atoms with Crippen molar-refractivity contribution >= 4 is 11.8 Å². The van der Waals surface area contributed by atoms with Crippen LogP contribution in [0.4, 0.5) is 22.0 Å². The fourth-order valence-corrected chi connectivity index (χ4v) is 2.97. The van der Waals surface area contributed by atoms with Crippen molar-refractivity contribution in [2.45, 2.75) is 6.18 Å². The zero-order valence-electron chi connectivity index (χ0n) is 15.6. The number of alkyl halides is 3. The van der Waals surface area contributed by atoms with E-state index in [0.29, 0.717) is 0 Å². The molecule has 2 aromatic carbocycles. The molecule has 0 N–H and O–H groups in total. The summed E-state index contributed by atoms with van der Waals surface area (Å²) >= 11 is 0. The highest BCUT2D eigenvalue weighted by Crippen LogP contribution is 2.31. The first-order valence-corrected chi connectivity index (χ1v) is 8.97. The summed E-state index contributed by atoms with van der Waals surface area (Å²) in [5.74, 6) is -3.18. The number of hydrogen-bond donors (Lipinski definition) is 0. The van der Waals surface area contributed by atoms with Crippen LogP contribution >= 0.6 is 0 Å². The van der Waals surface area contributed by atoms with E-state index < -0.39 is 41.8 Å². The van der Waals surface area contributed by atoms with Crippen LogP contribution in [0.25, 0.3) is 0 Å². The van der Waals surface area contributed by atoms with E-state index in [0.717, 1.165) is 24.3 Å². The Morgan fingerprint density at radius 1 is 0.900 bits per heavy atom. The van der Waals surface area contributed by atoms with Gasteiger partial charge in [-0.3, -0.25) is 9.59 Å². The molecular formula is C20H17F5N2O3. The van der Waals surface area contributed by atoms with Crippen LogP contribution in [0.5, 0.6) is 5.75 Å². The lowest BCUT2D eigenvalue weighted by Crippen LogP contribution is -2.51. The van der Waals surface area contributed by atoms with Gasteiger partial charge in [0, 0.05) is 31.7 Å². The van der Waals surface area contributed by atoms with E-state index in [1.807, 2.05) is 0 Å². The van der Waals surface area contributed by atoms with Gasteiger partial charge in [-0.1, -0.05) is 6.07 Å². The minimum absolute atomic E-state index is 0.00144.